The molecule has 0 spiro atoms. The number of para-hydroxylation sites is 1. The van der Waals surface area contributed by atoms with Crippen molar-refractivity contribution in [3.8, 4) is 0 Å². The fraction of sp³-hybridized carbons (Fsp3) is 0.250. The predicted octanol–water partition coefficient (Wildman–Crippen LogP) is 2.42. The molecule has 1 aromatic carbocycles. The summed E-state index contributed by atoms with van der Waals surface area (Å²) in [7, 11) is 0. The smallest absolute Gasteiger partial charge is 0.0758 e. The Kier molecular flexibility index (Phi) is 3.78. The van der Waals surface area contributed by atoms with Gasteiger partial charge in [0.1, 0.15) is 0 Å². The molecule has 0 heterocycles. The van der Waals surface area contributed by atoms with Crippen molar-refractivity contribution >= 4 is 29.2 Å². The molecule has 0 saturated heterocycles. The van der Waals surface area contributed by atoms with Crippen LogP contribution < -0.4 is 11.3 Å². The number of benzene rings is 1. The largest absolute Gasteiger partial charge is 0.322 e. The number of hydrogen-bond acceptors (Lipinski definition) is 4. The summed E-state index contributed by atoms with van der Waals surface area (Å²) in [5, 5.41) is 0. The molecule has 0 radical (unpaired) electrons. The maximum Gasteiger partial charge on any atom is 0.0758 e. The van der Waals surface area contributed by atoms with Crippen molar-refractivity contribution in [3.63, 3.8) is 0 Å². The molecule has 4 heteroatoms. The van der Waals surface area contributed by atoms with Gasteiger partial charge in [0, 0.05) is 9.79 Å². The van der Waals surface area contributed by atoms with Gasteiger partial charge in [-0.1, -0.05) is 6.07 Å². The molecule has 0 atom stereocenters. The van der Waals surface area contributed by atoms with Gasteiger partial charge >= 0.3 is 0 Å². The van der Waals surface area contributed by atoms with Gasteiger partial charge in [0.05, 0.1) is 5.69 Å². The van der Waals surface area contributed by atoms with Crippen molar-refractivity contribution in [2.45, 2.75) is 9.79 Å². The molecule has 0 unspecified atom stereocenters. The van der Waals surface area contributed by atoms with Crippen LogP contribution in [0.15, 0.2) is 28.0 Å². The van der Waals surface area contributed by atoms with E-state index in [-0.39, 0.29) is 0 Å². The molecule has 0 fully saturated rings. The minimum atomic E-state index is 1.03. The molecule has 1 rings (SSSR count). The third kappa shape index (κ3) is 1.88. The number of thioether (sulfide) groups is 2. The molecule has 0 amide bonds. The quantitative estimate of drug-likeness (QED) is 0.446. The Morgan fingerprint density at radius 1 is 1.17 bits per heavy atom. The Balaban J connectivity index is 3.13. The van der Waals surface area contributed by atoms with Gasteiger partial charge in [-0.05, 0) is 24.6 Å². The second kappa shape index (κ2) is 4.64. The van der Waals surface area contributed by atoms with Gasteiger partial charge in [0.25, 0.3) is 0 Å². The van der Waals surface area contributed by atoms with E-state index >= 15 is 0 Å². The van der Waals surface area contributed by atoms with Crippen LogP contribution in [0.2, 0.25) is 0 Å². The van der Waals surface area contributed by atoms with Crippen LogP contribution in [0.1, 0.15) is 0 Å². The van der Waals surface area contributed by atoms with Gasteiger partial charge in [0.15, 0.2) is 0 Å². The van der Waals surface area contributed by atoms with Gasteiger partial charge in [-0.2, -0.15) is 0 Å². The third-order valence-electron chi connectivity index (χ3n) is 1.57. The number of nitrogen functional groups attached to an aromatic ring is 1. The zero-order valence-electron chi connectivity index (χ0n) is 7.13. The monoisotopic (exact) mass is 200 g/mol. The van der Waals surface area contributed by atoms with Crippen LogP contribution in [-0.2, 0) is 0 Å². The van der Waals surface area contributed by atoms with E-state index < -0.39 is 0 Å². The first-order chi connectivity index (χ1) is 5.83. The summed E-state index contributed by atoms with van der Waals surface area (Å²) in [6, 6.07) is 6.15. The first kappa shape index (κ1) is 9.77. The highest BCUT2D eigenvalue weighted by Gasteiger charge is 2.04. The molecule has 0 aliphatic heterocycles. The topological polar surface area (TPSA) is 38.0 Å². The lowest BCUT2D eigenvalue weighted by atomic mass is 10.3. The number of nitrogens with one attached hydrogen (secondary N) is 1. The Labute approximate surface area is 81.3 Å². The van der Waals surface area contributed by atoms with Crippen molar-refractivity contribution in [2.24, 2.45) is 5.84 Å². The maximum atomic E-state index is 5.43. The second-order valence-electron chi connectivity index (χ2n) is 2.18. The molecular weight excluding hydrogens is 188 g/mol. The van der Waals surface area contributed by atoms with Crippen molar-refractivity contribution < 1.29 is 0 Å². The summed E-state index contributed by atoms with van der Waals surface area (Å²) in [5.41, 5.74) is 3.75. The van der Waals surface area contributed by atoms with E-state index in [4.69, 9.17) is 5.84 Å². The number of hydrazine groups is 1. The molecule has 12 heavy (non-hydrogen) atoms. The van der Waals surface area contributed by atoms with Gasteiger partial charge in [-0.15, -0.1) is 23.5 Å². The lowest BCUT2D eigenvalue weighted by Gasteiger charge is -2.10. The Bertz CT molecular complexity index is 241. The predicted molar refractivity (Wildman–Crippen MR) is 57.8 cm³/mol. The zero-order chi connectivity index (χ0) is 8.97. The summed E-state index contributed by atoms with van der Waals surface area (Å²) in [6.45, 7) is 0. The van der Waals surface area contributed by atoms with E-state index in [1.54, 1.807) is 23.5 Å². The average molecular weight is 200 g/mol. The van der Waals surface area contributed by atoms with Crippen LogP contribution in [-0.4, -0.2) is 12.5 Å². The van der Waals surface area contributed by atoms with Crippen molar-refractivity contribution in [1.29, 1.82) is 0 Å². The number of anilines is 1. The lowest BCUT2D eigenvalue weighted by molar-refractivity contribution is 1.23. The Morgan fingerprint density at radius 3 is 2.00 bits per heavy atom. The van der Waals surface area contributed by atoms with E-state index in [0.717, 1.165) is 5.69 Å². The Hall–Kier alpha value is -0.320. The van der Waals surface area contributed by atoms with Crippen LogP contribution in [0.25, 0.3) is 0 Å². The second-order valence-corrected chi connectivity index (χ2v) is 3.88. The molecule has 3 N–H and O–H groups in total. The normalized spacial score (nSPS) is 9.92. The zero-order valence-corrected chi connectivity index (χ0v) is 8.76. The van der Waals surface area contributed by atoms with E-state index in [9.17, 15) is 0 Å². The molecule has 66 valence electrons. The van der Waals surface area contributed by atoms with E-state index in [2.05, 4.69) is 17.6 Å². The SMILES string of the molecule is CSc1cccc(SC)c1NN. The highest BCUT2D eigenvalue weighted by Crippen LogP contribution is 2.32. The van der Waals surface area contributed by atoms with Crippen molar-refractivity contribution in [1.82, 2.24) is 0 Å². The van der Waals surface area contributed by atoms with Crippen LogP contribution in [0.4, 0.5) is 5.69 Å². The standard InChI is InChI=1S/C8H12N2S2/c1-11-6-4-3-5-7(12-2)8(6)10-9/h3-5,10H,9H2,1-2H3. The molecule has 0 aromatic heterocycles. The van der Waals surface area contributed by atoms with Crippen molar-refractivity contribution in [2.75, 3.05) is 17.9 Å². The van der Waals surface area contributed by atoms with E-state index in [0.29, 0.717) is 0 Å². The fourth-order valence-corrected chi connectivity index (χ4v) is 2.23. The minimum absolute atomic E-state index is 1.03. The summed E-state index contributed by atoms with van der Waals surface area (Å²) in [5.74, 6) is 5.43. The maximum absolute atomic E-state index is 5.43. The fourth-order valence-electron chi connectivity index (χ4n) is 0.993. The summed E-state index contributed by atoms with van der Waals surface area (Å²) in [4.78, 5) is 2.37. The first-order valence-corrected chi connectivity index (χ1v) is 5.96. The van der Waals surface area contributed by atoms with E-state index in [1.165, 1.54) is 9.79 Å². The summed E-state index contributed by atoms with van der Waals surface area (Å²) >= 11 is 3.39. The number of nitrogens with two attached hydrogens (primary N) is 1. The number of rotatable bonds is 3. The molecule has 2 nitrogen and oxygen atoms in total. The number of hydrogen-bond donors (Lipinski definition) is 2. The lowest BCUT2D eigenvalue weighted by Crippen LogP contribution is -2.08. The molecular formula is C8H12N2S2. The molecule has 0 saturated carbocycles. The summed E-state index contributed by atoms with van der Waals surface area (Å²) < 4.78 is 0. The first-order valence-electron chi connectivity index (χ1n) is 3.51. The van der Waals surface area contributed by atoms with Crippen LogP contribution in [0.5, 0.6) is 0 Å². The average Bonchev–Trinajstić information content (AvgIpc) is 2.16. The third-order valence-corrected chi connectivity index (χ3v) is 3.13. The van der Waals surface area contributed by atoms with Crippen molar-refractivity contribution in [3.05, 3.63) is 18.2 Å². The van der Waals surface area contributed by atoms with E-state index in [1.807, 2.05) is 18.6 Å². The van der Waals surface area contributed by atoms with Gasteiger partial charge < -0.3 is 5.43 Å². The Morgan fingerprint density at radius 2 is 1.67 bits per heavy atom. The molecule has 0 aliphatic carbocycles. The molecule has 0 bridgehead atoms. The van der Waals surface area contributed by atoms with Gasteiger partial charge in [-0.3, -0.25) is 5.84 Å². The van der Waals surface area contributed by atoms with Crippen LogP contribution in [0, 0.1) is 0 Å². The minimum Gasteiger partial charge on any atom is -0.322 e. The van der Waals surface area contributed by atoms with Crippen LogP contribution >= 0.6 is 23.5 Å². The highest BCUT2D eigenvalue weighted by molar-refractivity contribution is 7.99. The van der Waals surface area contributed by atoms with Gasteiger partial charge in [0.2, 0.25) is 0 Å². The highest BCUT2D eigenvalue weighted by atomic mass is 32.2. The van der Waals surface area contributed by atoms with Gasteiger partial charge in [-0.25, -0.2) is 0 Å². The molecule has 0 aliphatic rings. The molecule has 1 aromatic rings. The van der Waals surface area contributed by atoms with Crippen LogP contribution in [0.3, 0.4) is 0 Å². The summed E-state index contributed by atoms with van der Waals surface area (Å²) in [6.07, 6.45) is 4.08.